The van der Waals surface area contributed by atoms with Gasteiger partial charge in [0.05, 0.1) is 67.4 Å². The topological polar surface area (TPSA) is 53.0 Å². The minimum absolute atomic E-state index is 0.239. The van der Waals surface area contributed by atoms with E-state index in [1.54, 1.807) is 0 Å². The molecule has 0 radical (unpaired) electrons. The Balaban J connectivity index is 1.12. The number of rotatable bonds is 5. The molecule has 342 valence electrons. The van der Waals surface area contributed by atoms with E-state index in [1.165, 1.54) is 22.3 Å². The minimum Gasteiger partial charge on any atom is -0.309 e. The predicted molar refractivity (Wildman–Crippen MR) is 297 cm³/mol. The summed E-state index contributed by atoms with van der Waals surface area (Å²) in [6, 6.07) is 78.9. The number of benzene rings is 9. The molecule has 2 aliphatic heterocycles. The maximum atomic E-state index is 11.7. The molecule has 0 atom stereocenters. The third-order valence-corrected chi connectivity index (χ3v) is 15.8. The lowest BCUT2D eigenvalue weighted by Crippen LogP contribution is -2.31. The number of nitrogens with zero attached hydrogens (tertiary/aromatic N) is 6. The van der Waals surface area contributed by atoms with Crippen LogP contribution in [0.2, 0.25) is 0 Å². The molecule has 9 aromatic carbocycles. The molecule has 2 aliphatic rings. The highest BCUT2D eigenvalue weighted by Crippen LogP contribution is 2.55. The molecule has 0 N–H and O–H groups in total. The Morgan fingerprint density at radius 3 is 1.11 bits per heavy atom. The summed E-state index contributed by atoms with van der Waals surface area (Å²) in [7, 11) is 0. The summed E-state index contributed by atoms with van der Waals surface area (Å²) in [5, 5.41) is 16.3. The molecule has 0 bridgehead atoms. The molecular formula is C66H48N6. The molecule has 6 heteroatoms. The van der Waals surface area contributed by atoms with Gasteiger partial charge in [0.2, 0.25) is 0 Å². The number of para-hydroxylation sites is 8. The van der Waals surface area contributed by atoms with Crippen LogP contribution in [0.4, 0.5) is 34.3 Å². The van der Waals surface area contributed by atoms with Gasteiger partial charge in [-0.2, -0.15) is 5.26 Å². The van der Waals surface area contributed by atoms with Crippen molar-refractivity contribution in [1.82, 2.24) is 14.1 Å². The van der Waals surface area contributed by atoms with E-state index >= 15 is 0 Å². The largest absolute Gasteiger partial charge is 0.309 e. The van der Waals surface area contributed by atoms with Gasteiger partial charge in [-0.3, -0.25) is 4.90 Å². The van der Waals surface area contributed by atoms with Crippen molar-refractivity contribution in [3.8, 4) is 28.6 Å². The van der Waals surface area contributed by atoms with Gasteiger partial charge in [-0.1, -0.05) is 173 Å². The maximum absolute atomic E-state index is 11.7. The number of aromatic nitrogens is 3. The normalized spacial score (nSPS) is 14.3. The van der Waals surface area contributed by atoms with Crippen LogP contribution in [0.25, 0.3) is 66.1 Å². The zero-order valence-corrected chi connectivity index (χ0v) is 40.5. The number of anilines is 6. The lowest BCUT2D eigenvalue weighted by Gasteiger charge is -2.42. The fraction of sp³-hybridized carbons (Fsp3) is 0.0909. The van der Waals surface area contributed by atoms with E-state index < -0.39 is 0 Å². The molecule has 12 aromatic rings. The molecule has 6 nitrogen and oxygen atoms in total. The van der Waals surface area contributed by atoms with E-state index in [-0.39, 0.29) is 10.8 Å². The molecule has 72 heavy (non-hydrogen) atoms. The molecule has 0 unspecified atom stereocenters. The van der Waals surface area contributed by atoms with E-state index in [4.69, 9.17) is 4.98 Å². The molecule has 0 saturated carbocycles. The average molecular weight is 925 g/mol. The van der Waals surface area contributed by atoms with Crippen molar-refractivity contribution in [2.75, 3.05) is 9.80 Å². The zero-order chi connectivity index (χ0) is 48.5. The van der Waals surface area contributed by atoms with Crippen molar-refractivity contribution in [1.29, 1.82) is 5.26 Å². The third-order valence-electron chi connectivity index (χ3n) is 15.8. The number of hydrogen-bond acceptors (Lipinski definition) is 4. The van der Waals surface area contributed by atoms with E-state index in [0.29, 0.717) is 5.56 Å². The Labute approximate surface area is 418 Å². The Bertz CT molecular complexity index is 4070. The van der Waals surface area contributed by atoms with Crippen molar-refractivity contribution in [2.45, 2.75) is 38.5 Å². The van der Waals surface area contributed by atoms with Gasteiger partial charge in [-0.25, -0.2) is 4.98 Å². The van der Waals surface area contributed by atoms with Crippen LogP contribution in [0, 0.1) is 11.3 Å². The number of fused-ring (bicyclic) bond motifs is 10. The van der Waals surface area contributed by atoms with Gasteiger partial charge in [0.15, 0.2) is 0 Å². The molecule has 0 aliphatic carbocycles. The van der Waals surface area contributed by atoms with E-state index in [9.17, 15) is 5.26 Å². The van der Waals surface area contributed by atoms with Crippen LogP contribution in [0.15, 0.2) is 219 Å². The summed E-state index contributed by atoms with van der Waals surface area (Å²) >= 11 is 0. The van der Waals surface area contributed by atoms with Crippen LogP contribution in [0.5, 0.6) is 0 Å². The highest BCUT2D eigenvalue weighted by molar-refractivity contribution is 6.12. The maximum Gasteiger partial charge on any atom is 0.139 e. The van der Waals surface area contributed by atoms with Gasteiger partial charge in [0.1, 0.15) is 11.9 Å². The molecule has 5 heterocycles. The summed E-state index contributed by atoms with van der Waals surface area (Å²) in [4.78, 5) is 10.2. The second-order valence-corrected chi connectivity index (χ2v) is 20.3. The van der Waals surface area contributed by atoms with E-state index in [2.05, 4.69) is 271 Å². The van der Waals surface area contributed by atoms with Gasteiger partial charge >= 0.3 is 0 Å². The molecule has 0 saturated heterocycles. The molecular weight excluding hydrogens is 877 g/mol. The van der Waals surface area contributed by atoms with Crippen LogP contribution in [-0.2, 0) is 10.8 Å². The van der Waals surface area contributed by atoms with Crippen molar-refractivity contribution < 1.29 is 0 Å². The molecule has 0 amide bonds. The van der Waals surface area contributed by atoms with Gasteiger partial charge in [0.25, 0.3) is 0 Å². The smallest absolute Gasteiger partial charge is 0.139 e. The summed E-state index contributed by atoms with van der Waals surface area (Å²) in [6.07, 6.45) is 2.06. The van der Waals surface area contributed by atoms with Crippen molar-refractivity contribution in [3.63, 3.8) is 0 Å². The van der Waals surface area contributed by atoms with Crippen LogP contribution >= 0.6 is 0 Å². The fourth-order valence-corrected chi connectivity index (χ4v) is 12.4. The highest BCUT2D eigenvalue weighted by Gasteiger charge is 2.39. The highest BCUT2D eigenvalue weighted by atomic mass is 15.2. The van der Waals surface area contributed by atoms with Crippen molar-refractivity contribution >= 4 is 77.9 Å². The summed E-state index contributed by atoms with van der Waals surface area (Å²) in [5.74, 6) is 0.797. The first-order chi connectivity index (χ1) is 35.2. The van der Waals surface area contributed by atoms with Crippen LogP contribution in [0.3, 0.4) is 0 Å². The minimum atomic E-state index is -0.276. The Morgan fingerprint density at radius 1 is 0.361 bits per heavy atom. The van der Waals surface area contributed by atoms with Gasteiger partial charge in [-0.05, 0) is 82.9 Å². The lowest BCUT2D eigenvalue weighted by molar-refractivity contribution is 0.631. The van der Waals surface area contributed by atoms with E-state index in [0.717, 1.165) is 100 Å². The second-order valence-electron chi connectivity index (χ2n) is 20.3. The van der Waals surface area contributed by atoms with Crippen LogP contribution in [-0.4, -0.2) is 14.1 Å². The fourth-order valence-electron chi connectivity index (χ4n) is 12.4. The quantitative estimate of drug-likeness (QED) is 0.173. The van der Waals surface area contributed by atoms with Gasteiger partial charge < -0.3 is 14.0 Å². The Morgan fingerprint density at radius 2 is 0.708 bits per heavy atom. The monoisotopic (exact) mass is 924 g/mol. The first kappa shape index (κ1) is 41.8. The lowest BCUT2D eigenvalue weighted by atomic mass is 9.73. The summed E-state index contributed by atoms with van der Waals surface area (Å²) in [6.45, 7) is 9.23. The second kappa shape index (κ2) is 15.4. The van der Waals surface area contributed by atoms with Crippen LogP contribution in [0.1, 0.15) is 55.5 Å². The zero-order valence-electron chi connectivity index (χ0n) is 40.5. The summed E-state index contributed by atoms with van der Waals surface area (Å²) < 4.78 is 4.81. The summed E-state index contributed by atoms with van der Waals surface area (Å²) in [5.41, 5.74) is 18.0. The molecule has 0 spiro atoms. The van der Waals surface area contributed by atoms with E-state index in [1.807, 2.05) is 0 Å². The first-order valence-corrected chi connectivity index (χ1v) is 24.8. The average Bonchev–Trinajstić information content (AvgIpc) is 3.94. The third kappa shape index (κ3) is 5.79. The van der Waals surface area contributed by atoms with Crippen molar-refractivity contribution in [2.24, 2.45) is 0 Å². The number of pyridine rings is 1. The first-order valence-electron chi connectivity index (χ1n) is 24.8. The molecule has 0 fully saturated rings. The predicted octanol–water partition coefficient (Wildman–Crippen LogP) is 17.0. The molecule has 3 aromatic heterocycles. The Hall–Kier alpha value is -9.18. The number of nitriles is 1. The van der Waals surface area contributed by atoms with Crippen molar-refractivity contribution in [3.05, 3.63) is 246 Å². The SMILES string of the molecule is CC1(C)c2ccccc2N(c2cc(-n3c4ccccc4c4ccccc43)c(-c3cc(C#N)c(N4c5ccccc5C(C)(C)c5ccccc54)cc3-n3c4ccccc4c4ccccc43)cn2)c2ccccc21. The number of hydrogen-bond donors (Lipinski definition) is 0. The van der Waals surface area contributed by atoms with Gasteiger partial charge in [0, 0.05) is 55.8 Å². The van der Waals surface area contributed by atoms with Gasteiger partial charge in [-0.15, -0.1) is 0 Å². The standard InChI is InChI=1S/C66H48N6/c1-65(2)49-25-9-17-33-57(49)71(58-34-18-10-26-50(58)65)61-38-62(69-53-29-13-5-21-43(53)44-22-6-14-30-54(44)69)47(37-42(61)40-67)48-41-68-64(39-63(48)70-55-31-15-7-23-45(55)46-24-8-16-32-56(46)70)72-59-35-19-11-27-51(59)66(3,4)52-28-12-20-36-60(52)72/h5-39,41H,1-4H3. The van der Waals surface area contributed by atoms with Crippen LogP contribution < -0.4 is 9.80 Å². The molecule has 14 rings (SSSR count). The Kier molecular flexibility index (Phi) is 8.94.